The molecule has 2 N–H and O–H groups in total. The number of alkyl halides is 3. The van der Waals surface area contributed by atoms with Gasteiger partial charge in [-0.05, 0) is 6.07 Å². The average molecular weight is 403 g/mol. The van der Waals surface area contributed by atoms with Crippen LogP contribution in [0.4, 0.5) is 19.1 Å². The first-order valence-corrected chi connectivity index (χ1v) is 8.56. The van der Waals surface area contributed by atoms with Gasteiger partial charge in [-0.15, -0.1) is 11.3 Å². The van der Waals surface area contributed by atoms with Gasteiger partial charge in [0.15, 0.2) is 5.01 Å². The molecule has 8 nitrogen and oxygen atoms in total. The molecule has 0 bridgehead atoms. The van der Waals surface area contributed by atoms with E-state index in [9.17, 15) is 18.0 Å². The molecular formula is C15H16F3N5O3S. The van der Waals surface area contributed by atoms with Gasteiger partial charge in [0.25, 0.3) is 5.91 Å². The molecular weight excluding hydrogens is 387 g/mol. The summed E-state index contributed by atoms with van der Waals surface area (Å²) in [7, 11) is 1.63. The van der Waals surface area contributed by atoms with Crippen LogP contribution in [0.3, 0.4) is 0 Å². The van der Waals surface area contributed by atoms with Crippen LogP contribution in [0.25, 0.3) is 0 Å². The second kappa shape index (κ2) is 8.75. The van der Waals surface area contributed by atoms with Gasteiger partial charge in [-0.2, -0.15) is 13.2 Å². The van der Waals surface area contributed by atoms with Crippen molar-refractivity contribution in [2.45, 2.75) is 19.0 Å². The summed E-state index contributed by atoms with van der Waals surface area (Å²) >= 11 is 1.49. The standard InChI is InChI=1S/C13H15N5OS.C2HF3O2/c1-14-11(19)12-17-9-3-7-18(8-4-10(9)20-12)13-15-5-2-6-16-13;3-2(4,5)1(6)7/h2,5-6H,3-4,7-8H2,1H3,(H,14,19);(H,6,7). The fraction of sp³-hybridized carbons (Fsp3) is 0.400. The summed E-state index contributed by atoms with van der Waals surface area (Å²) in [5.74, 6) is -2.10. The van der Waals surface area contributed by atoms with Crippen molar-refractivity contribution in [3.05, 3.63) is 34.0 Å². The Labute approximate surface area is 156 Å². The van der Waals surface area contributed by atoms with Gasteiger partial charge in [0, 0.05) is 50.2 Å². The number of carboxylic acids is 1. The van der Waals surface area contributed by atoms with Gasteiger partial charge in [-0.3, -0.25) is 4.79 Å². The highest BCUT2D eigenvalue weighted by Gasteiger charge is 2.38. The Hall–Kier alpha value is -2.76. The first-order chi connectivity index (χ1) is 12.7. The number of halogens is 3. The number of hydrogen-bond donors (Lipinski definition) is 2. The van der Waals surface area contributed by atoms with Crippen LogP contribution in [0.5, 0.6) is 0 Å². The SMILES string of the molecule is CNC(=O)c1nc2c(s1)CCN(c1ncccn1)CC2.O=C(O)C(F)(F)F. The summed E-state index contributed by atoms with van der Waals surface area (Å²) in [5, 5.41) is 10.3. The summed E-state index contributed by atoms with van der Waals surface area (Å²) in [4.78, 5) is 36.9. The van der Waals surface area contributed by atoms with Gasteiger partial charge in [0.2, 0.25) is 5.95 Å². The minimum Gasteiger partial charge on any atom is -0.475 e. The lowest BCUT2D eigenvalue weighted by Gasteiger charge is -2.19. The van der Waals surface area contributed by atoms with Gasteiger partial charge < -0.3 is 15.3 Å². The van der Waals surface area contributed by atoms with E-state index in [-0.39, 0.29) is 5.91 Å². The molecule has 2 aromatic rings. The van der Waals surface area contributed by atoms with Crippen LogP contribution in [0.15, 0.2) is 18.5 Å². The van der Waals surface area contributed by atoms with Crippen molar-refractivity contribution in [1.29, 1.82) is 0 Å². The van der Waals surface area contributed by atoms with Crippen LogP contribution in [0.2, 0.25) is 0 Å². The maximum absolute atomic E-state index is 11.6. The van der Waals surface area contributed by atoms with Crippen LogP contribution >= 0.6 is 11.3 Å². The Morgan fingerprint density at radius 3 is 2.37 bits per heavy atom. The highest BCUT2D eigenvalue weighted by Crippen LogP contribution is 2.24. The van der Waals surface area contributed by atoms with Crippen LogP contribution in [-0.2, 0) is 17.6 Å². The van der Waals surface area contributed by atoms with Crippen molar-refractivity contribution in [2.24, 2.45) is 0 Å². The lowest BCUT2D eigenvalue weighted by Crippen LogP contribution is -2.27. The van der Waals surface area contributed by atoms with Gasteiger partial charge in [-0.25, -0.2) is 19.7 Å². The molecule has 27 heavy (non-hydrogen) atoms. The topological polar surface area (TPSA) is 108 Å². The number of carbonyl (C=O) groups is 2. The molecule has 0 atom stereocenters. The number of amides is 1. The predicted molar refractivity (Wildman–Crippen MR) is 90.8 cm³/mol. The molecule has 0 fully saturated rings. The number of carboxylic acid groups (broad SMARTS) is 1. The molecule has 2 aromatic heterocycles. The largest absolute Gasteiger partial charge is 0.490 e. The van der Waals surface area contributed by atoms with Gasteiger partial charge >= 0.3 is 12.1 Å². The summed E-state index contributed by atoms with van der Waals surface area (Å²) in [6.07, 6.45) is 0.124. The number of rotatable bonds is 2. The number of thiazole rings is 1. The first-order valence-electron chi connectivity index (χ1n) is 7.75. The van der Waals surface area contributed by atoms with Crippen molar-refractivity contribution >= 4 is 29.2 Å². The summed E-state index contributed by atoms with van der Waals surface area (Å²) in [6, 6.07) is 1.81. The number of aliphatic carboxylic acids is 1. The molecule has 3 heterocycles. The number of fused-ring (bicyclic) bond motifs is 1. The zero-order valence-corrected chi connectivity index (χ0v) is 15.0. The van der Waals surface area contributed by atoms with E-state index in [1.807, 2.05) is 6.07 Å². The monoisotopic (exact) mass is 403 g/mol. The van der Waals surface area contributed by atoms with Crippen LogP contribution in [0.1, 0.15) is 20.4 Å². The molecule has 0 saturated carbocycles. The molecule has 3 rings (SSSR count). The highest BCUT2D eigenvalue weighted by molar-refractivity contribution is 7.13. The Morgan fingerprint density at radius 2 is 1.81 bits per heavy atom. The number of hydrogen-bond acceptors (Lipinski definition) is 7. The van der Waals surface area contributed by atoms with Gasteiger partial charge in [0.05, 0.1) is 5.69 Å². The summed E-state index contributed by atoms with van der Waals surface area (Å²) in [6.45, 7) is 1.68. The Bertz CT molecular complexity index is 772. The maximum atomic E-state index is 11.6. The Morgan fingerprint density at radius 1 is 1.22 bits per heavy atom. The molecule has 0 unspecified atom stereocenters. The second-order valence-corrected chi connectivity index (χ2v) is 6.39. The van der Waals surface area contributed by atoms with E-state index >= 15 is 0 Å². The molecule has 0 radical (unpaired) electrons. The smallest absolute Gasteiger partial charge is 0.475 e. The van der Waals surface area contributed by atoms with Crippen LogP contribution in [0, 0.1) is 0 Å². The van der Waals surface area contributed by atoms with E-state index in [2.05, 4.69) is 25.2 Å². The molecule has 0 aromatic carbocycles. The number of nitrogens with one attached hydrogen (secondary N) is 1. The van der Waals surface area contributed by atoms with Crippen molar-refractivity contribution in [2.75, 3.05) is 25.0 Å². The van der Waals surface area contributed by atoms with E-state index < -0.39 is 12.1 Å². The first kappa shape index (κ1) is 20.6. The molecule has 0 saturated heterocycles. The zero-order valence-electron chi connectivity index (χ0n) is 14.2. The van der Waals surface area contributed by atoms with Crippen molar-refractivity contribution in [3.8, 4) is 0 Å². The lowest BCUT2D eigenvalue weighted by molar-refractivity contribution is -0.192. The van der Waals surface area contributed by atoms with Gasteiger partial charge in [-0.1, -0.05) is 0 Å². The molecule has 146 valence electrons. The van der Waals surface area contributed by atoms with Crippen molar-refractivity contribution in [1.82, 2.24) is 20.3 Å². The Kier molecular flexibility index (Phi) is 6.66. The second-order valence-electron chi connectivity index (χ2n) is 5.31. The molecule has 12 heteroatoms. The molecule has 1 aliphatic rings. The average Bonchev–Trinajstić information content (AvgIpc) is 2.95. The number of nitrogens with zero attached hydrogens (tertiary/aromatic N) is 4. The number of carbonyl (C=O) groups excluding carboxylic acids is 1. The van der Waals surface area contributed by atoms with Crippen molar-refractivity contribution in [3.63, 3.8) is 0 Å². The lowest BCUT2D eigenvalue weighted by atomic mass is 10.2. The predicted octanol–water partition coefficient (Wildman–Crippen LogP) is 1.53. The zero-order chi connectivity index (χ0) is 20.0. The minimum absolute atomic E-state index is 0.105. The van der Waals surface area contributed by atoms with E-state index in [0.717, 1.165) is 37.6 Å². The third-order valence-electron chi connectivity index (χ3n) is 3.50. The van der Waals surface area contributed by atoms with Crippen LogP contribution < -0.4 is 10.2 Å². The molecule has 0 aliphatic carbocycles. The third kappa shape index (κ3) is 5.61. The summed E-state index contributed by atoms with van der Waals surface area (Å²) in [5.41, 5.74) is 1.03. The van der Waals surface area contributed by atoms with E-state index in [1.165, 1.54) is 16.2 Å². The van der Waals surface area contributed by atoms with E-state index in [1.54, 1.807) is 19.4 Å². The maximum Gasteiger partial charge on any atom is 0.490 e. The van der Waals surface area contributed by atoms with Crippen molar-refractivity contribution < 1.29 is 27.9 Å². The quantitative estimate of drug-likeness (QED) is 0.783. The summed E-state index contributed by atoms with van der Waals surface area (Å²) < 4.78 is 31.7. The van der Waals surface area contributed by atoms with Gasteiger partial charge in [0.1, 0.15) is 0 Å². The number of aromatic nitrogens is 3. The molecule has 0 spiro atoms. The van der Waals surface area contributed by atoms with Crippen LogP contribution in [-0.4, -0.2) is 58.2 Å². The minimum atomic E-state index is -5.08. The normalized spacial score (nSPS) is 13.7. The fourth-order valence-corrected chi connectivity index (χ4v) is 3.26. The molecule has 1 aliphatic heterocycles. The molecule has 1 amide bonds. The highest BCUT2D eigenvalue weighted by atomic mass is 32.1. The Balaban J connectivity index is 0.000000321. The number of anilines is 1. The van der Waals surface area contributed by atoms with E-state index in [0.29, 0.717) is 5.01 Å². The third-order valence-corrected chi connectivity index (χ3v) is 4.66. The fourth-order valence-electron chi connectivity index (χ4n) is 2.22. The van der Waals surface area contributed by atoms with E-state index in [4.69, 9.17) is 9.90 Å².